The SMILES string of the molecule is C=CCCCCCCc1c(C)ccc(C)c1C. The lowest BCUT2D eigenvalue weighted by Gasteiger charge is -2.12. The molecule has 0 nitrogen and oxygen atoms in total. The quantitative estimate of drug-likeness (QED) is 0.441. The fourth-order valence-electron chi connectivity index (χ4n) is 2.34. The summed E-state index contributed by atoms with van der Waals surface area (Å²) in [5, 5.41) is 0. The maximum atomic E-state index is 3.76. The average Bonchev–Trinajstić information content (AvgIpc) is 2.32. The third kappa shape index (κ3) is 4.38. The van der Waals surface area contributed by atoms with Gasteiger partial charge in [-0.15, -0.1) is 6.58 Å². The number of benzene rings is 1. The van der Waals surface area contributed by atoms with Crippen molar-refractivity contribution in [3.8, 4) is 0 Å². The lowest BCUT2D eigenvalue weighted by atomic mass is 9.94. The van der Waals surface area contributed by atoms with Crippen LogP contribution in [0.2, 0.25) is 0 Å². The molecule has 0 aliphatic carbocycles. The zero-order valence-electron chi connectivity index (χ0n) is 11.7. The number of hydrogen-bond donors (Lipinski definition) is 0. The zero-order chi connectivity index (χ0) is 12.7. The molecule has 1 aromatic carbocycles. The largest absolute Gasteiger partial charge is 0.103 e. The number of rotatable bonds is 7. The van der Waals surface area contributed by atoms with Crippen LogP contribution in [0.15, 0.2) is 24.8 Å². The summed E-state index contributed by atoms with van der Waals surface area (Å²) in [6, 6.07) is 4.49. The van der Waals surface area contributed by atoms with Crippen molar-refractivity contribution in [1.29, 1.82) is 0 Å². The molecule has 0 bridgehead atoms. The van der Waals surface area contributed by atoms with E-state index in [1.165, 1.54) is 55.2 Å². The molecule has 0 saturated heterocycles. The van der Waals surface area contributed by atoms with E-state index in [4.69, 9.17) is 0 Å². The predicted octanol–water partition coefficient (Wildman–Crippen LogP) is 5.29. The lowest BCUT2D eigenvalue weighted by Crippen LogP contribution is -1.96. The van der Waals surface area contributed by atoms with E-state index in [2.05, 4.69) is 39.5 Å². The molecule has 0 amide bonds. The van der Waals surface area contributed by atoms with Gasteiger partial charge in [-0.1, -0.05) is 31.1 Å². The molecule has 17 heavy (non-hydrogen) atoms. The highest BCUT2D eigenvalue weighted by Gasteiger charge is 2.04. The highest BCUT2D eigenvalue weighted by Crippen LogP contribution is 2.20. The van der Waals surface area contributed by atoms with Gasteiger partial charge in [-0.2, -0.15) is 0 Å². The number of aryl methyl sites for hydroxylation is 2. The summed E-state index contributed by atoms with van der Waals surface area (Å²) in [5.41, 5.74) is 5.96. The maximum absolute atomic E-state index is 3.76. The van der Waals surface area contributed by atoms with Gasteiger partial charge in [0.2, 0.25) is 0 Å². The van der Waals surface area contributed by atoms with Gasteiger partial charge in [-0.05, 0) is 68.7 Å². The van der Waals surface area contributed by atoms with Crippen LogP contribution in [0.25, 0.3) is 0 Å². The first kappa shape index (κ1) is 14.0. The van der Waals surface area contributed by atoms with Crippen LogP contribution in [0, 0.1) is 20.8 Å². The molecule has 0 N–H and O–H groups in total. The van der Waals surface area contributed by atoms with Crippen molar-refractivity contribution in [2.24, 2.45) is 0 Å². The Morgan fingerprint density at radius 2 is 1.59 bits per heavy atom. The Kier molecular flexibility index (Phi) is 6.04. The molecule has 0 aliphatic heterocycles. The van der Waals surface area contributed by atoms with Crippen molar-refractivity contribution in [1.82, 2.24) is 0 Å². The Bertz CT molecular complexity index is 361. The van der Waals surface area contributed by atoms with Crippen LogP contribution in [0.4, 0.5) is 0 Å². The Labute approximate surface area is 107 Å². The zero-order valence-corrected chi connectivity index (χ0v) is 11.7. The van der Waals surface area contributed by atoms with Gasteiger partial charge >= 0.3 is 0 Å². The van der Waals surface area contributed by atoms with Gasteiger partial charge in [-0.25, -0.2) is 0 Å². The summed E-state index contributed by atoms with van der Waals surface area (Å²) >= 11 is 0. The van der Waals surface area contributed by atoms with Gasteiger partial charge in [0.1, 0.15) is 0 Å². The molecule has 1 rings (SSSR count). The summed E-state index contributed by atoms with van der Waals surface area (Å²) in [4.78, 5) is 0. The van der Waals surface area contributed by atoms with Crippen LogP contribution < -0.4 is 0 Å². The maximum Gasteiger partial charge on any atom is -0.0274 e. The van der Waals surface area contributed by atoms with Crippen LogP contribution in [-0.2, 0) is 6.42 Å². The van der Waals surface area contributed by atoms with E-state index >= 15 is 0 Å². The van der Waals surface area contributed by atoms with Crippen molar-refractivity contribution in [3.05, 3.63) is 47.0 Å². The predicted molar refractivity (Wildman–Crippen MR) is 77.6 cm³/mol. The molecule has 0 spiro atoms. The standard InChI is InChI=1S/C17H26/c1-5-6-7-8-9-10-11-17-15(3)13-12-14(2)16(17)4/h5,12-13H,1,6-11H2,2-4H3. The third-order valence-electron chi connectivity index (χ3n) is 3.69. The monoisotopic (exact) mass is 230 g/mol. The molecule has 0 radical (unpaired) electrons. The summed E-state index contributed by atoms with van der Waals surface area (Å²) in [5.74, 6) is 0. The van der Waals surface area contributed by atoms with Crippen molar-refractivity contribution in [2.45, 2.75) is 59.3 Å². The highest BCUT2D eigenvalue weighted by molar-refractivity contribution is 5.39. The molecular formula is C17H26. The second-order valence-electron chi connectivity index (χ2n) is 5.04. The molecule has 0 heteroatoms. The van der Waals surface area contributed by atoms with E-state index in [-0.39, 0.29) is 0 Å². The molecule has 0 aliphatic rings. The van der Waals surface area contributed by atoms with Crippen molar-refractivity contribution >= 4 is 0 Å². The molecule has 94 valence electrons. The van der Waals surface area contributed by atoms with E-state index in [0.29, 0.717) is 0 Å². The first-order chi connectivity index (χ1) is 8.16. The highest BCUT2D eigenvalue weighted by atomic mass is 14.1. The lowest BCUT2D eigenvalue weighted by molar-refractivity contribution is 0.644. The van der Waals surface area contributed by atoms with Crippen LogP contribution in [0.5, 0.6) is 0 Å². The topological polar surface area (TPSA) is 0 Å². The Morgan fingerprint density at radius 3 is 2.29 bits per heavy atom. The van der Waals surface area contributed by atoms with Crippen molar-refractivity contribution in [3.63, 3.8) is 0 Å². The van der Waals surface area contributed by atoms with E-state index < -0.39 is 0 Å². The van der Waals surface area contributed by atoms with Gasteiger partial charge in [-0.3, -0.25) is 0 Å². The molecule has 0 atom stereocenters. The minimum absolute atomic E-state index is 1.17. The van der Waals surface area contributed by atoms with Gasteiger partial charge in [0.15, 0.2) is 0 Å². The Hall–Kier alpha value is -1.04. The smallest absolute Gasteiger partial charge is 0.0274 e. The van der Waals surface area contributed by atoms with Crippen LogP contribution >= 0.6 is 0 Å². The normalized spacial score (nSPS) is 10.5. The minimum Gasteiger partial charge on any atom is -0.103 e. The van der Waals surface area contributed by atoms with Crippen LogP contribution in [0.1, 0.15) is 54.4 Å². The fourth-order valence-corrected chi connectivity index (χ4v) is 2.34. The molecule has 1 aromatic rings. The first-order valence-corrected chi connectivity index (χ1v) is 6.83. The van der Waals surface area contributed by atoms with Gasteiger partial charge in [0.25, 0.3) is 0 Å². The Balaban J connectivity index is 2.41. The van der Waals surface area contributed by atoms with Crippen LogP contribution in [0.3, 0.4) is 0 Å². The molecule has 0 unspecified atom stereocenters. The molecule has 0 fully saturated rings. The summed E-state index contributed by atoms with van der Waals surface area (Å²) in [6.45, 7) is 10.5. The molecular weight excluding hydrogens is 204 g/mol. The summed E-state index contributed by atoms with van der Waals surface area (Å²) in [7, 11) is 0. The van der Waals surface area contributed by atoms with E-state index in [0.717, 1.165) is 0 Å². The molecule has 0 saturated carbocycles. The average molecular weight is 230 g/mol. The Morgan fingerprint density at radius 1 is 0.941 bits per heavy atom. The number of allylic oxidation sites excluding steroid dienone is 1. The van der Waals surface area contributed by atoms with E-state index in [1.54, 1.807) is 5.56 Å². The second-order valence-corrected chi connectivity index (χ2v) is 5.04. The number of unbranched alkanes of at least 4 members (excludes halogenated alkanes) is 4. The fraction of sp³-hybridized carbons (Fsp3) is 0.529. The van der Waals surface area contributed by atoms with E-state index in [9.17, 15) is 0 Å². The van der Waals surface area contributed by atoms with Crippen molar-refractivity contribution < 1.29 is 0 Å². The minimum atomic E-state index is 1.17. The van der Waals surface area contributed by atoms with Crippen LogP contribution in [-0.4, -0.2) is 0 Å². The van der Waals surface area contributed by atoms with Crippen molar-refractivity contribution in [2.75, 3.05) is 0 Å². The third-order valence-corrected chi connectivity index (χ3v) is 3.69. The van der Waals surface area contributed by atoms with Gasteiger partial charge in [0, 0.05) is 0 Å². The molecule has 0 aromatic heterocycles. The number of hydrogen-bond acceptors (Lipinski definition) is 0. The van der Waals surface area contributed by atoms with E-state index in [1.807, 2.05) is 6.08 Å². The second kappa shape index (κ2) is 7.32. The summed E-state index contributed by atoms with van der Waals surface area (Å²) in [6.07, 6.45) is 9.75. The van der Waals surface area contributed by atoms with Gasteiger partial charge < -0.3 is 0 Å². The van der Waals surface area contributed by atoms with Gasteiger partial charge in [0.05, 0.1) is 0 Å². The first-order valence-electron chi connectivity index (χ1n) is 6.83. The molecule has 0 heterocycles. The summed E-state index contributed by atoms with van der Waals surface area (Å²) < 4.78 is 0.